The Kier molecular flexibility index (Phi) is 6.54. The molecule has 0 aromatic heterocycles. The van der Waals surface area contributed by atoms with Gasteiger partial charge in [0.05, 0.1) is 24.7 Å². The number of carbonyl (C=O) groups is 3. The summed E-state index contributed by atoms with van der Waals surface area (Å²) in [6.45, 7) is -0.299. The van der Waals surface area contributed by atoms with Gasteiger partial charge in [0.25, 0.3) is 17.5 Å². The summed E-state index contributed by atoms with van der Waals surface area (Å²) in [4.78, 5) is 48.4. The number of carbonyl (C=O) groups excluding carboxylic acids is 3. The molecule has 0 bridgehead atoms. The van der Waals surface area contributed by atoms with Gasteiger partial charge in [-0.15, -0.1) is 0 Å². The molecule has 3 amide bonds. The second-order valence-corrected chi connectivity index (χ2v) is 7.41. The molecule has 0 aliphatic carbocycles. The fraction of sp³-hybridized carbons (Fsp3) is 0.250. The molecular formula is C20H18BrN3O7. The molecule has 1 N–H and O–H groups in total. The van der Waals surface area contributed by atoms with E-state index in [1.807, 2.05) is 0 Å². The maximum absolute atomic E-state index is 12.5. The topological polar surface area (TPSA) is 128 Å². The monoisotopic (exact) mass is 491 g/mol. The smallest absolute Gasteiger partial charge is 0.282 e. The summed E-state index contributed by atoms with van der Waals surface area (Å²) in [6, 6.07) is 7.33. The average molecular weight is 492 g/mol. The number of methoxy groups -OCH3 is 2. The molecule has 10 nitrogen and oxygen atoms in total. The van der Waals surface area contributed by atoms with Gasteiger partial charge in [0, 0.05) is 17.1 Å². The van der Waals surface area contributed by atoms with Crippen LogP contribution in [0.5, 0.6) is 11.5 Å². The Balaban J connectivity index is 1.63. The third kappa shape index (κ3) is 4.36. The van der Waals surface area contributed by atoms with Crippen molar-refractivity contribution < 1.29 is 28.8 Å². The summed E-state index contributed by atoms with van der Waals surface area (Å²) < 4.78 is 11.3. The minimum atomic E-state index is -0.856. The lowest BCUT2D eigenvalue weighted by Gasteiger charge is -2.14. The van der Waals surface area contributed by atoms with E-state index in [2.05, 4.69) is 21.2 Å². The van der Waals surface area contributed by atoms with Crippen molar-refractivity contribution in [1.29, 1.82) is 0 Å². The van der Waals surface area contributed by atoms with Crippen LogP contribution in [0.2, 0.25) is 0 Å². The molecule has 1 aliphatic rings. The van der Waals surface area contributed by atoms with Crippen LogP contribution in [0.1, 0.15) is 26.3 Å². The molecule has 162 valence electrons. The van der Waals surface area contributed by atoms with E-state index >= 15 is 0 Å². The first-order chi connectivity index (χ1) is 14.8. The minimum Gasteiger partial charge on any atom is -0.493 e. The molecule has 1 heterocycles. The third-order valence-electron chi connectivity index (χ3n) is 4.74. The van der Waals surface area contributed by atoms with Gasteiger partial charge in [-0.05, 0) is 30.2 Å². The summed E-state index contributed by atoms with van der Waals surface area (Å²) in [5.41, 5.74) is 0.0205. The van der Waals surface area contributed by atoms with E-state index < -0.39 is 34.9 Å². The average Bonchev–Trinajstić information content (AvgIpc) is 2.99. The highest BCUT2D eigenvalue weighted by atomic mass is 79.9. The molecule has 11 heteroatoms. The fourth-order valence-corrected chi connectivity index (χ4v) is 3.76. The Bertz CT molecular complexity index is 1090. The zero-order valence-electron chi connectivity index (χ0n) is 16.6. The highest BCUT2D eigenvalue weighted by molar-refractivity contribution is 9.10. The molecular weight excluding hydrogens is 474 g/mol. The van der Waals surface area contributed by atoms with Gasteiger partial charge in [0.15, 0.2) is 11.5 Å². The van der Waals surface area contributed by atoms with Crippen LogP contribution in [0.4, 0.5) is 5.69 Å². The Labute approximate surface area is 185 Å². The number of hydrogen-bond acceptors (Lipinski definition) is 7. The number of amides is 3. The number of halogens is 1. The fourth-order valence-electron chi connectivity index (χ4n) is 3.24. The summed E-state index contributed by atoms with van der Waals surface area (Å²) >= 11 is 3.44. The van der Waals surface area contributed by atoms with E-state index in [1.165, 1.54) is 26.4 Å². The Morgan fingerprint density at radius 3 is 2.48 bits per heavy atom. The SMILES string of the molecule is COc1cc(Br)c(CCNC(=O)CN2C(=O)c3cccc([N+](=O)[O-])c3C2=O)cc1OC. The van der Waals surface area contributed by atoms with Crippen molar-refractivity contribution in [3.8, 4) is 11.5 Å². The summed E-state index contributed by atoms with van der Waals surface area (Å²) in [6.07, 6.45) is 0.445. The van der Waals surface area contributed by atoms with Crippen LogP contribution >= 0.6 is 15.9 Å². The van der Waals surface area contributed by atoms with Crippen molar-refractivity contribution >= 4 is 39.3 Å². The van der Waals surface area contributed by atoms with Crippen LogP contribution in [0, 0.1) is 10.1 Å². The maximum atomic E-state index is 12.5. The van der Waals surface area contributed by atoms with Crippen LogP contribution < -0.4 is 14.8 Å². The lowest BCUT2D eigenvalue weighted by Crippen LogP contribution is -2.40. The third-order valence-corrected chi connectivity index (χ3v) is 5.48. The van der Waals surface area contributed by atoms with Gasteiger partial charge in [-0.25, -0.2) is 0 Å². The van der Waals surface area contributed by atoms with Crippen LogP contribution in [-0.2, 0) is 11.2 Å². The van der Waals surface area contributed by atoms with Crippen molar-refractivity contribution in [3.05, 3.63) is 61.6 Å². The van der Waals surface area contributed by atoms with Crippen molar-refractivity contribution in [2.24, 2.45) is 0 Å². The molecule has 2 aromatic rings. The van der Waals surface area contributed by atoms with Crippen LogP contribution in [0.3, 0.4) is 0 Å². The van der Waals surface area contributed by atoms with Gasteiger partial charge < -0.3 is 14.8 Å². The van der Waals surface area contributed by atoms with Gasteiger partial charge in [-0.3, -0.25) is 29.4 Å². The molecule has 0 spiro atoms. The molecule has 0 radical (unpaired) electrons. The molecule has 1 aliphatic heterocycles. The van der Waals surface area contributed by atoms with E-state index in [9.17, 15) is 24.5 Å². The first-order valence-corrected chi connectivity index (χ1v) is 9.88. The number of nitrogens with one attached hydrogen (secondary N) is 1. The van der Waals surface area contributed by atoms with Gasteiger partial charge >= 0.3 is 0 Å². The van der Waals surface area contributed by atoms with E-state index in [0.29, 0.717) is 22.8 Å². The molecule has 31 heavy (non-hydrogen) atoms. The molecule has 0 saturated carbocycles. The zero-order valence-corrected chi connectivity index (χ0v) is 18.2. The van der Waals surface area contributed by atoms with Crippen molar-refractivity contribution in [1.82, 2.24) is 10.2 Å². The number of nitro benzene ring substituents is 1. The van der Waals surface area contributed by atoms with Crippen molar-refractivity contribution in [2.45, 2.75) is 6.42 Å². The lowest BCUT2D eigenvalue weighted by molar-refractivity contribution is -0.385. The minimum absolute atomic E-state index is 0.0822. The molecule has 2 aromatic carbocycles. The number of benzene rings is 2. The molecule has 0 fully saturated rings. The van der Waals surface area contributed by atoms with Crippen LogP contribution in [0.25, 0.3) is 0 Å². The first kappa shape index (κ1) is 22.2. The zero-order chi connectivity index (χ0) is 22.7. The highest BCUT2D eigenvalue weighted by Gasteiger charge is 2.41. The number of hydrogen-bond donors (Lipinski definition) is 1. The molecule has 0 atom stereocenters. The molecule has 0 saturated heterocycles. The number of nitrogens with zero attached hydrogens (tertiary/aromatic N) is 2. The van der Waals surface area contributed by atoms with E-state index in [0.717, 1.165) is 16.1 Å². The summed E-state index contributed by atoms with van der Waals surface area (Å²) in [5.74, 6) is -1.05. The predicted octanol–water partition coefficient (Wildman–Crippen LogP) is 2.33. The second kappa shape index (κ2) is 9.13. The summed E-state index contributed by atoms with van der Waals surface area (Å²) in [7, 11) is 3.04. The van der Waals surface area contributed by atoms with Crippen molar-refractivity contribution in [2.75, 3.05) is 27.3 Å². The highest BCUT2D eigenvalue weighted by Crippen LogP contribution is 2.33. The van der Waals surface area contributed by atoms with Gasteiger partial charge in [0.1, 0.15) is 12.1 Å². The number of ether oxygens (including phenoxy) is 2. The first-order valence-electron chi connectivity index (χ1n) is 9.09. The van der Waals surface area contributed by atoms with E-state index in [-0.39, 0.29) is 17.7 Å². The van der Waals surface area contributed by atoms with Crippen LogP contribution in [-0.4, -0.2) is 54.9 Å². The second-order valence-electron chi connectivity index (χ2n) is 6.55. The van der Waals surface area contributed by atoms with Crippen LogP contribution in [0.15, 0.2) is 34.8 Å². The number of fused-ring (bicyclic) bond motifs is 1. The predicted molar refractivity (Wildman–Crippen MR) is 112 cm³/mol. The maximum Gasteiger partial charge on any atom is 0.282 e. The normalized spacial score (nSPS) is 12.5. The van der Waals surface area contributed by atoms with Gasteiger partial charge in [-0.1, -0.05) is 22.0 Å². The quantitative estimate of drug-likeness (QED) is 0.340. The van der Waals surface area contributed by atoms with E-state index in [1.54, 1.807) is 12.1 Å². The Morgan fingerprint density at radius 2 is 1.84 bits per heavy atom. The summed E-state index contributed by atoms with van der Waals surface area (Å²) in [5, 5.41) is 13.8. The number of imide groups is 1. The molecule has 3 rings (SSSR count). The Morgan fingerprint density at radius 1 is 1.16 bits per heavy atom. The van der Waals surface area contributed by atoms with Crippen molar-refractivity contribution in [3.63, 3.8) is 0 Å². The standard InChI is InChI=1S/C20H18BrN3O7/c1-30-15-8-11(13(21)9-16(15)31-2)6-7-22-17(25)10-23-19(26)12-4-3-5-14(24(28)29)18(12)20(23)27/h3-5,8-9H,6-7,10H2,1-2H3,(H,22,25). The largest absolute Gasteiger partial charge is 0.493 e. The van der Waals surface area contributed by atoms with Gasteiger partial charge in [0.2, 0.25) is 5.91 Å². The lowest BCUT2D eigenvalue weighted by atomic mass is 10.1. The number of nitro groups is 1. The van der Waals surface area contributed by atoms with E-state index in [4.69, 9.17) is 9.47 Å². The Hall–Kier alpha value is -3.47. The van der Waals surface area contributed by atoms with Gasteiger partial charge in [-0.2, -0.15) is 0 Å². The number of rotatable bonds is 8. The molecule has 0 unspecified atom stereocenters.